The maximum atomic E-state index is 5.58. The summed E-state index contributed by atoms with van der Waals surface area (Å²) in [5, 5.41) is 0. The lowest BCUT2D eigenvalue weighted by Crippen LogP contribution is -2.22. The highest BCUT2D eigenvalue weighted by Gasteiger charge is 2.13. The first-order valence-corrected chi connectivity index (χ1v) is 5.68. The van der Waals surface area contributed by atoms with E-state index in [0.717, 1.165) is 16.8 Å². The van der Waals surface area contributed by atoms with Crippen LogP contribution in [-0.4, -0.2) is 22.6 Å². The van der Waals surface area contributed by atoms with Gasteiger partial charge in [-0.15, -0.1) is 0 Å². The first-order valence-electron chi connectivity index (χ1n) is 4.52. The van der Waals surface area contributed by atoms with Gasteiger partial charge in [-0.1, -0.05) is 19.9 Å². The molecular weight excluding hydrogens is 152 g/mol. The molecule has 64 valence electrons. The predicted octanol–water partition coefficient (Wildman–Crippen LogP) is 1.07. The summed E-state index contributed by atoms with van der Waals surface area (Å²) in [6.07, 6.45) is 4.86. The van der Waals surface area contributed by atoms with Crippen molar-refractivity contribution in [2.24, 2.45) is 5.92 Å². The van der Waals surface area contributed by atoms with Crippen LogP contribution in [0.2, 0.25) is 0 Å². The number of allylic oxidation sites excluding steroid dienone is 1. The normalized spacial score (nSPS) is 30.1. The number of hydrogen-bond donors (Lipinski definition) is 0. The molecule has 1 nitrogen and oxygen atoms in total. The Balaban J connectivity index is 2.53. The molecular formula is C9H18OSi. The molecule has 1 aliphatic rings. The molecule has 1 aliphatic heterocycles. The molecule has 0 aromatic rings. The first kappa shape index (κ1) is 9.01. The minimum Gasteiger partial charge on any atom is -0.378 e. The largest absolute Gasteiger partial charge is 0.378 e. The van der Waals surface area contributed by atoms with Crippen molar-refractivity contribution in [2.45, 2.75) is 32.4 Å². The van der Waals surface area contributed by atoms with Gasteiger partial charge in [-0.25, -0.2) is 0 Å². The van der Waals surface area contributed by atoms with Gasteiger partial charge in [0.1, 0.15) is 0 Å². The molecule has 0 saturated carbocycles. The van der Waals surface area contributed by atoms with Gasteiger partial charge < -0.3 is 4.74 Å². The topological polar surface area (TPSA) is 9.23 Å². The summed E-state index contributed by atoms with van der Waals surface area (Å²) in [4.78, 5) is 0. The second-order valence-corrected chi connectivity index (χ2v) is 4.65. The Morgan fingerprint density at radius 3 is 2.91 bits per heavy atom. The second kappa shape index (κ2) is 4.07. The molecule has 1 atom stereocenters. The Kier molecular flexibility index (Phi) is 3.33. The van der Waals surface area contributed by atoms with E-state index in [1.165, 1.54) is 12.8 Å². The smallest absolute Gasteiger partial charge is 0.0583 e. The van der Waals surface area contributed by atoms with E-state index < -0.39 is 0 Å². The summed E-state index contributed by atoms with van der Waals surface area (Å²) in [5.41, 5.74) is 2.06. The van der Waals surface area contributed by atoms with Crippen LogP contribution in [0.4, 0.5) is 0 Å². The van der Waals surface area contributed by atoms with Gasteiger partial charge in [-0.05, 0) is 24.3 Å². The summed E-state index contributed by atoms with van der Waals surface area (Å²) in [6, 6.07) is 0. The molecule has 0 spiro atoms. The fraction of sp³-hybridized carbons (Fsp3) is 0.778. The van der Waals surface area contributed by atoms with Crippen molar-refractivity contribution in [1.82, 2.24) is 0 Å². The van der Waals surface area contributed by atoms with Crippen molar-refractivity contribution in [3.8, 4) is 0 Å². The highest BCUT2D eigenvalue weighted by Crippen LogP contribution is 2.19. The van der Waals surface area contributed by atoms with Crippen LogP contribution in [0.25, 0.3) is 0 Å². The van der Waals surface area contributed by atoms with E-state index in [1.54, 1.807) is 5.57 Å². The average Bonchev–Trinajstić information content (AvgIpc) is 1.93. The van der Waals surface area contributed by atoms with Crippen molar-refractivity contribution in [3.63, 3.8) is 0 Å². The van der Waals surface area contributed by atoms with Crippen molar-refractivity contribution in [2.75, 3.05) is 6.61 Å². The zero-order chi connectivity index (χ0) is 8.27. The van der Waals surface area contributed by atoms with E-state index in [2.05, 4.69) is 19.9 Å². The van der Waals surface area contributed by atoms with E-state index in [0.29, 0.717) is 11.6 Å². The molecule has 1 fully saturated rings. The van der Waals surface area contributed by atoms with Crippen LogP contribution in [0, 0.1) is 5.92 Å². The molecule has 1 heterocycles. The van der Waals surface area contributed by atoms with Gasteiger partial charge in [0, 0.05) is 16.8 Å². The van der Waals surface area contributed by atoms with Crippen LogP contribution in [0.5, 0.6) is 0 Å². The Hall–Kier alpha value is -0.0831. The van der Waals surface area contributed by atoms with Crippen LogP contribution in [0.15, 0.2) is 11.6 Å². The minimum absolute atomic E-state index is 0.506. The standard InChI is InChI=1S/C9H18OSi/c1-7(2)6-8-4-3-5-10-9(8)11/h6-7,9H,3-5H2,1-2,11H3. The highest BCUT2D eigenvalue weighted by atomic mass is 28.1. The van der Waals surface area contributed by atoms with E-state index in [9.17, 15) is 0 Å². The molecule has 0 bridgehead atoms. The Labute approximate surface area is 72.2 Å². The van der Waals surface area contributed by atoms with Gasteiger partial charge in [0.25, 0.3) is 0 Å². The maximum absolute atomic E-state index is 5.58. The third-order valence-electron chi connectivity index (χ3n) is 2.05. The lowest BCUT2D eigenvalue weighted by molar-refractivity contribution is 0.102. The first-order chi connectivity index (χ1) is 5.20. The molecule has 1 rings (SSSR count). The molecule has 0 N–H and O–H groups in total. The summed E-state index contributed by atoms with van der Waals surface area (Å²) in [6.45, 7) is 5.44. The maximum Gasteiger partial charge on any atom is 0.0583 e. The van der Waals surface area contributed by atoms with Gasteiger partial charge in [0.2, 0.25) is 0 Å². The van der Waals surface area contributed by atoms with Gasteiger partial charge >= 0.3 is 0 Å². The second-order valence-electron chi connectivity index (χ2n) is 3.60. The lowest BCUT2D eigenvalue weighted by atomic mass is 10.0. The zero-order valence-electron chi connectivity index (χ0n) is 7.76. The fourth-order valence-electron chi connectivity index (χ4n) is 1.49. The zero-order valence-corrected chi connectivity index (χ0v) is 9.76. The van der Waals surface area contributed by atoms with Crippen molar-refractivity contribution in [3.05, 3.63) is 11.6 Å². The number of hydrogen-bond acceptors (Lipinski definition) is 1. The van der Waals surface area contributed by atoms with Gasteiger partial charge in [-0.2, -0.15) is 0 Å². The van der Waals surface area contributed by atoms with Crippen molar-refractivity contribution < 1.29 is 4.74 Å². The monoisotopic (exact) mass is 170 g/mol. The average molecular weight is 170 g/mol. The van der Waals surface area contributed by atoms with E-state index in [4.69, 9.17) is 4.74 Å². The number of ether oxygens (including phenoxy) is 1. The van der Waals surface area contributed by atoms with E-state index in [-0.39, 0.29) is 0 Å². The summed E-state index contributed by atoms with van der Waals surface area (Å²) >= 11 is 0. The molecule has 0 aromatic heterocycles. The van der Waals surface area contributed by atoms with Crippen LogP contribution < -0.4 is 0 Å². The summed E-state index contributed by atoms with van der Waals surface area (Å²) in [5.74, 6) is 0.683. The molecule has 0 radical (unpaired) electrons. The summed E-state index contributed by atoms with van der Waals surface area (Å²) < 4.78 is 5.58. The van der Waals surface area contributed by atoms with Gasteiger partial charge in [-0.3, -0.25) is 0 Å². The molecule has 0 aromatic carbocycles. The van der Waals surface area contributed by atoms with Gasteiger partial charge in [0.15, 0.2) is 0 Å². The van der Waals surface area contributed by atoms with Crippen molar-refractivity contribution >= 4 is 10.2 Å². The van der Waals surface area contributed by atoms with Crippen LogP contribution in [-0.2, 0) is 4.74 Å². The van der Waals surface area contributed by atoms with E-state index >= 15 is 0 Å². The van der Waals surface area contributed by atoms with Crippen LogP contribution >= 0.6 is 0 Å². The van der Waals surface area contributed by atoms with Crippen LogP contribution in [0.1, 0.15) is 26.7 Å². The third-order valence-corrected chi connectivity index (χ3v) is 3.12. The third kappa shape index (κ3) is 2.79. The Morgan fingerprint density at radius 1 is 1.64 bits per heavy atom. The fourth-order valence-corrected chi connectivity index (χ4v) is 2.21. The molecule has 0 amide bonds. The van der Waals surface area contributed by atoms with Crippen LogP contribution in [0.3, 0.4) is 0 Å². The lowest BCUT2D eigenvalue weighted by Gasteiger charge is -2.23. The minimum atomic E-state index is 0.506. The highest BCUT2D eigenvalue weighted by molar-refractivity contribution is 6.13. The van der Waals surface area contributed by atoms with Crippen molar-refractivity contribution in [1.29, 1.82) is 0 Å². The Bertz CT molecular complexity index is 152. The Morgan fingerprint density at radius 2 is 2.36 bits per heavy atom. The summed E-state index contributed by atoms with van der Waals surface area (Å²) in [7, 11) is 1.15. The molecule has 2 heteroatoms. The van der Waals surface area contributed by atoms with E-state index in [1.807, 2.05) is 0 Å². The molecule has 1 unspecified atom stereocenters. The molecule has 0 aliphatic carbocycles. The SMILES string of the molecule is CC(C)C=C1CCCOC1[SiH3]. The predicted molar refractivity (Wildman–Crippen MR) is 51.8 cm³/mol. The quantitative estimate of drug-likeness (QED) is 0.422. The molecule has 11 heavy (non-hydrogen) atoms. The van der Waals surface area contributed by atoms with Gasteiger partial charge in [0.05, 0.1) is 5.73 Å². The number of rotatable bonds is 1. The molecule has 1 saturated heterocycles.